The normalized spacial score (nSPS) is 16.6. The predicted molar refractivity (Wildman–Crippen MR) is 80.1 cm³/mol. The van der Waals surface area contributed by atoms with Crippen molar-refractivity contribution in [3.05, 3.63) is 58.9 Å². The Morgan fingerprint density at radius 2 is 1.91 bits per heavy atom. The van der Waals surface area contributed by atoms with E-state index in [4.69, 9.17) is 16.3 Å². The zero-order chi connectivity index (χ0) is 15.9. The minimum atomic E-state index is -1.14. The second kappa shape index (κ2) is 5.42. The summed E-state index contributed by atoms with van der Waals surface area (Å²) >= 11 is 6.00. The maximum atomic E-state index is 13.1. The Balaban J connectivity index is 2.18. The number of benzene rings is 2. The van der Waals surface area contributed by atoms with Crippen LogP contribution in [-0.4, -0.2) is 24.9 Å². The number of anilines is 2. The van der Waals surface area contributed by atoms with Crippen LogP contribution in [0.3, 0.4) is 0 Å². The lowest BCUT2D eigenvalue weighted by atomic mass is 10.1. The molecule has 4 nitrogen and oxygen atoms in total. The fourth-order valence-electron chi connectivity index (χ4n) is 2.53. The van der Waals surface area contributed by atoms with Crippen molar-refractivity contribution in [2.24, 2.45) is 0 Å². The molecule has 1 aliphatic heterocycles. The molecule has 2 aromatic rings. The monoisotopic (exact) mass is 319 g/mol. The molecule has 3 rings (SSSR count). The number of methoxy groups -OCH3 is 1. The SMILES string of the molecule is COC(=O)C1C(=O)c2ccc(Cl)cc2N1c1ccc(F)cc1. The Kier molecular flexibility index (Phi) is 3.58. The van der Waals surface area contributed by atoms with E-state index in [1.165, 1.54) is 36.3 Å². The van der Waals surface area contributed by atoms with Crippen LogP contribution in [0.1, 0.15) is 10.4 Å². The van der Waals surface area contributed by atoms with E-state index < -0.39 is 17.8 Å². The Hall–Kier alpha value is -2.40. The van der Waals surface area contributed by atoms with E-state index in [1.54, 1.807) is 18.2 Å². The highest BCUT2D eigenvalue weighted by atomic mass is 35.5. The van der Waals surface area contributed by atoms with Gasteiger partial charge in [0.25, 0.3) is 0 Å². The summed E-state index contributed by atoms with van der Waals surface area (Å²) in [5.41, 5.74) is 1.38. The van der Waals surface area contributed by atoms with Gasteiger partial charge >= 0.3 is 5.97 Å². The Labute approximate surface area is 131 Å². The molecular formula is C16H11ClFNO3. The van der Waals surface area contributed by atoms with E-state index in [1.807, 2.05) is 0 Å². The van der Waals surface area contributed by atoms with Crippen molar-refractivity contribution in [2.45, 2.75) is 6.04 Å². The summed E-state index contributed by atoms with van der Waals surface area (Å²) in [6.07, 6.45) is 0. The smallest absolute Gasteiger partial charge is 0.337 e. The Morgan fingerprint density at radius 3 is 2.55 bits per heavy atom. The summed E-state index contributed by atoms with van der Waals surface area (Å²) in [4.78, 5) is 26.0. The van der Waals surface area contributed by atoms with Crippen LogP contribution in [0, 0.1) is 5.82 Å². The lowest BCUT2D eigenvalue weighted by Crippen LogP contribution is -2.40. The van der Waals surface area contributed by atoms with Crippen molar-refractivity contribution in [3.63, 3.8) is 0 Å². The van der Waals surface area contributed by atoms with Crippen LogP contribution < -0.4 is 4.90 Å². The number of nitrogens with zero attached hydrogens (tertiary/aromatic N) is 1. The molecule has 22 heavy (non-hydrogen) atoms. The van der Waals surface area contributed by atoms with Gasteiger partial charge in [-0.1, -0.05) is 11.6 Å². The van der Waals surface area contributed by atoms with Gasteiger partial charge in [-0.3, -0.25) is 4.79 Å². The summed E-state index contributed by atoms with van der Waals surface area (Å²) in [7, 11) is 1.22. The largest absolute Gasteiger partial charge is 0.467 e. The molecule has 112 valence electrons. The quantitative estimate of drug-likeness (QED) is 0.629. The number of hydrogen-bond donors (Lipinski definition) is 0. The van der Waals surface area contributed by atoms with E-state index >= 15 is 0 Å². The third-order valence-corrected chi connectivity index (χ3v) is 3.76. The van der Waals surface area contributed by atoms with E-state index in [-0.39, 0.29) is 5.78 Å². The third-order valence-electron chi connectivity index (χ3n) is 3.52. The molecular weight excluding hydrogens is 309 g/mol. The van der Waals surface area contributed by atoms with Crippen LogP contribution in [0.15, 0.2) is 42.5 Å². The van der Waals surface area contributed by atoms with Crippen molar-refractivity contribution >= 4 is 34.7 Å². The van der Waals surface area contributed by atoms with Gasteiger partial charge in [0.15, 0.2) is 11.8 Å². The van der Waals surface area contributed by atoms with Crippen molar-refractivity contribution in [2.75, 3.05) is 12.0 Å². The standard InChI is InChI=1S/C16H11ClFNO3/c1-22-16(21)14-15(20)12-7-2-9(17)8-13(12)19(14)11-5-3-10(18)4-6-11/h2-8,14H,1H3. The highest BCUT2D eigenvalue weighted by Gasteiger charge is 2.43. The number of carbonyl (C=O) groups excluding carboxylic acids is 2. The molecule has 0 aromatic heterocycles. The number of carbonyl (C=O) groups is 2. The second-order valence-corrected chi connectivity index (χ2v) is 5.23. The minimum absolute atomic E-state index is 0.372. The molecule has 0 aliphatic carbocycles. The molecule has 1 atom stereocenters. The predicted octanol–water partition coefficient (Wildman–Crippen LogP) is 3.36. The van der Waals surface area contributed by atoms with Crippen LogP contribution in [0.5, 0.6) is 0 Å². The van der Waals surface area contributed by atoms with Gasteiger partial charge in [0.2, 0.25) is 0 Å². The fraction of sp³-hybridized carbons (Fsp3) is 0.125. The summed E-state index contributed by atoms with van der Waals surface area (Å²) in [6.45, 7) is 0. The first-order valence-corrected chi connectivity index (χ1v) is 6.87. The van der Waals surface area contributed by atoms with Gasteiger partial charge in [0, 0.05) is 16.3 Å². The van der Waals surface area contributed by atoms with Crippen LogP contribution >= 0.6 is 11.6 Å². The van der Waals surface area contributed by atoms with Crippen molar-refractivity contribution in [1.29, 1.82) is 0 Å². The number of rotatable bonds is 2. The third kappa shape index (κ3) is 2.23. The van der Waals surface area contributed by atoms with Crippen LogP contribution in [0.4, 0.5) is 15.8 Å². The van der Waals surface area contributed by atoms with E-state index in [9.17, 15) is 14.0 Å². The summed E-state index contributed by atoms with van der Waals surface area (Å²) in [5.74, 6) is -1.46. The molecule has 0 fully saturated rings. The molecule has 0 N–H and O–H groups in total. The van der Waals surface area contributed by atoms with Crippen molar-refractivity contribution in [3.8, 4) is 0 Å². The number of halogens is 2. The number of hydrogen-bond acceptors (Lipinski definition) is 4. The molecule has 0 saturated carbocycles. The van der Waals surface area contributed by atoms with Crippen LogP contribution in [0.2, 0.25) is 5.02 Å². The van der Waals surface area contributed by atoms with Gasteiger partial charge in [-0.2, -0.15) is 0 Å². The van der Waals surface area contributed by atoms with Gasteiger partial charge in [-0.05, 0) is 42.5 Å². The van der Waals surface area contributed by atoms with Gasteiger partial charge in [0.1, 0.15) is 5.82 Å². The van der Waals surface area contributed by atoms with E-state index in [0.717, 1.165) is 0 Å². The minimum Gasteiger partial charge on any atom is -0.467 e. The molecule has 1 unspecified atom stereocenters. The summed E-state index contributed by atoms with van der Waals surface area (Å²) in [5, 5.41) is 0.434. The van der Waals surface area contributed by atoms with Gasteiger partial charge < -0.3 is 9.64 Å². The molecule has 0 radical (unpaired) electrons. The van der Waals surface area contributed by atoms with E-state index in [0.29, 0.717) is 22.0 Å². The molecule has 0 bridgehead atoms. The lowest BCUT2D eigenvalue weighted by Gasteiger charge is -2.24. The summed E-state index contributed by atoms with van der Waals surface area (Å²) < 4.78 is 17.9. The number of ketones is 1. The molecule has 0 spiro atoms. The first kappa shape index (κ1) is 14.5. The Bertz CT molecular complexity index is 760. The molecule has 1 aliphatic rings. The van der Waals surface area contributed by atoms with Gasteiger partial charge in [-0.25, -0.2) is 9.18 Å². The zero-order valence-corrected chi connectivity index (χ0v) is 12.3. The summed E-state index contributed by atoms with van der Waals surface area (Å²) in [6, 6.07) is 9.13. The van der Waals surface area contributed by atoms with Gasteiger partial charge in [-0.15, -0.1) is 0 Å². The number of fused-ring (bicyclic) bond motifs is 1. The number of esters is 1. The van der Waals surface area contributed by atoms with Crippen molar-refractivity contribution < 1.29 is 18.7 Å². The second-order valence-electron chi connectivity index (χ2n) is 4.80. The Morgan fingerprint density at radius 1 is 1.23 bits per heavy atom. The van der Waals surface area contributed by atoms with Gasteiger partial charge in [0.05, 0.1) is 12.8 Å². The first-order chi connectivity index (χ1) is 10.5. The molecule has 1 heterocycles. The number of ether oxygens (including phenoxy) is 1. The maximum absolute atomic E-state index is 13.1. The fourth-order valence-corrected chi connectivity index (χ4v) is 2.70. The lowest BCUT2D eigenvalue weighted by molar-refractivity contribution is -0.140. The topological polar surface area (TPSA) is 46.6 Å². The average Bonchev–Trinajstić information content (AvgIpc) is 2.80. The molecule has 0 amide bonds. The molecule has 6 heteroatoms. The van der Waals surface area contributed by atoms with E-state index in [2.05, 4.69) is 0 Å². The molecule has 0 saturated heterocycles. The highest BCUT2D eigenvalue weighted by Crippen LogP contribution is 2.40. The average molecular weight is 320 g/mol. The molecule has 2 aromatic carbocycles. The first-order valence-electron chi connectivity index (χ1n) is 6.49. The van der Waals surface area contributed by atoms with Crippen LogP contribution in [-0.2, 0) is 9.53 Å². The number of Topliss-reactive ketones (excluding diaryl/α,β-unsaturated/α-hetero) is 1. The van der Waals surface area contributed by atoms with Crippen molar-refractivity contribution in [1.82, 2.24) is 0 Å². The highest BCUT2D eigenvalue weighted by molar-refractivity contribution is 6.32. The maximum Gasteiger partial charge on any atom is 0.337 e. The zero-order valence-electron chi connectivity index (χ0n) is 11.5. The van der Waals surface area contributed by atoms with Crippen LogP contribution in [0.25, 0.3) is 0 Å².